The van der Waals surface area contributed by atoms with Gasteiger partial charge in [0, 0.05) is 12.2 Å². The predicted octanol–water partition coefficient (Wildman–Crippen LogP) is 6.72. The zero-order valence-corrected chi connectivity index (χ0v) is 18.4. The fourth-order valence-corrected chi connectivity index (χ4v) is 2.63. The number of rotatable bonds is 18. The first-order chi connectivity index (χ1) is 15.3. The molecule has 0 spiro atoms. The van der Waals surface area contributed by atoms with Crippen LogP contribution in [0.15, 0.2) is 12.2 Å². The van der Waals surface area contributed by atoms with Crippen molar-refractivity contribution in [1.82, 2.24) is 0 Å². The van der Waals surface area contributed by atoms with E-state index in [4.69, 9.17) is 4.74 Å². The van der Waals surface area contributed by atoms with Gasteiger partial charge in [-0.05, 0) is 6.42 Å². The first-order valence-electron chi connectivity index (χ1n) is 10.7. The largest absolute Gasteiger partial charge is 0.463 e. The quantitative estimate of drug-likeness (QED) is 0.0911. The summed E-state index contributed by atoms with van der Waals surface area (Å²) >= 11 is 0. The molecule has 0 N–H and O–H groups in total. The van der Waals surface area contributed by atoms with Crippen LogP contribution >= 0.6 is 0 Å². The Morgan fingerprint density at radius 1 is 0.727 bits per heavy atom. The van der Waals surface area contributed by atoms with Gasteiger partial charge in [-0.2, -0.15) is 26.3 Å². The summed E-state index contributed by atoms with van der Waals surface area (Å²) < 4.78 is 110. The second-order valence-corrected chi connectivity index (χ2v) is 7.49. The van der Waals surface area contributed by atoms with Crippen LogP contribution in [0.3, 0.4) is 0 Å². The third-order valence-electron chi connectivity index (χ3n) is 4.65. The molecule has 0 aromatic rings. The molecule has 12 heteroatoms. The Labute approximate surface area is 187 Å². The van der Waals surface area contributed by atoms with Crippen LogP contribution in [0, 0.1) is 0 Å². The van der Waals surface area contributed by atoms with Crippen molar-refractivity contribution in [3.8, 4) is 0 Å². The summed E-state index contributed by atoms with van der Waals surface area (Å²) in [5.41, 5.74) is 0. The van der Waals surface area contributed by atoms with Crippen LogP contribution < -0.4 is 0 Å². The molecular formula is C21H30F8O4. The zero-order chi connectivity index (χ0) is 25.5. The van der Waals surface area contributed by atoms with Crippen molar-refractivity contribution in [2.45, 2.75) is 95.3 Å². The smallest absolute Gasteiger partial charge is 0.381 e. The Morgan fingerprint density at radius 3 is 1.61 bits per heavy atom. The van der Waals surface area contributed by atoms with Crippen LogP contribution in [-0.4, -0.2) is 49.3 Å². The molecule has 0 fully saturated rings. The van der Waals surface area contributed by atoms with Crippen molar-refractivity contribution in [1.29, 1.82) is 0 Å². The highest BCUT2D eigenvalue weighted by Crippen LogP contribution is 2.48. The van der Waals surface area contributed by atoms with Crippen LogP contribution in [0.2, 0.25) is 0 Å². The lowest BCUT2D eigenvalue weighted by Gasteiger charge is -2.31. The average Bonchev–Trinajstić information content (AvgIpc) is 2.74. The Hall–Kier alpha value is -1.88. The van der Waals surface area contributed by atoms with E-state index in [9.17, 15) is 44.7 Å². The lowest BCUT2D eigenvalue weighted by Crippen LogP contribution is -2.59. The molecule has 0 aromatic carbocycles. The molecule has 33 heavy (non-hydrogen) atoms. The van der Waals surface area contributed by atoms with Gasteiger partial charge in [-0.15, -0.1) is 0 Å². The maximum Gasteiger partial charge on any atom is 0.381 e. The van der Waals surface area contributed by atoms with Crippen LogP contribution in [0.1, 0.15) is 71.1 Å². The molecule has 0 aliphatic rings. The van der Waals surface area contributed by atoms with Gasteiger partial charge in [-0.1, -0.05) is 64.7 Å². The highest BCUT2D eigenvalue weighted by atomic mass is 19.4. The number of carbonyl (C=O) groups excluding carboxylic acids is 2. The summed E-state index contributed by atoms with van der Waals surface area (Å²) in [5, 5.41) is 0. The molecule has 194 valence electrons. The third kappa shape index (κ3) is 11.2. The number of hydrogen-bond donors (Lipinski definition) is 0. The molecule has 0 unspecified atom stereocenters. The van der Waals surface area contributed by atoms with Crippen molar-refractivity contribution in [3.63, 3.8) is 0 Å². The first-order valence-corrected chi connectivity index (χ1v) is 10.7. The summed E-state index contributed by atoms with van der Waals surface area (Å²) in [6.07, 6.45) is 6.21. The van der Waals surface area contributed by atoms with E-state index in [2.05, 4.69) is 11.7 Å². The SMILES string of the molecule is CCCCCCCCCCCCOC(=O)/C=C/C(=O)OCC(F)(F)C(F)(F)C(F)(F)C(F)F. The summed E-state index contributed by atoms with van der Waals surface area (Å²) in [6.45, 7) is -0.422. The Morgan fingerprint density at radius 2 is 1.15 bits per heavy atom. The zero-order valence-electron chi connectivity index (χ0n) is 18.4. The van der Waals surface area contributed by atoms with Crippen LogP contribution in [0.5, 0.6) is 0 Å². The molecule has 0 rings (SSSR count). The molecule has 0 bridgehead atoms. The van der Waals surface area contributed by atoms with Gasteiger partial charge in [0.1, 0.15) is 0 Å². The van der Waals surface area contributed by atoms with E-state index in [0.29, 0.717) is 12.5 Å². The number of hydrogen-bond acceptors (Lipinski definition) is 4. The number of halogens is 8. The van der Waals surface area contributed by atoms with Crippen LogP contribution in [-0.2, 0) is 19.1 Å². The van der Waals surface area contributed by atoms with Gasteiger partial charge in [-0.3, -0.25) is 0 Å². The predicted molar refractivity (Wildman–Crippen MR) is 104 cm³/mol. The van der Waals surface area contributed by atoms with Crippen molar-refractivity contribution in [2.75, 3.05) is 13.2 Å². The monoisotopic (exact) mass is 498 g/mol. The maximum absolute atomic E-state index is 13.2. The van der Waals surface area contributed by atoms with E-state index in [1.165, 1.54) is 32.1 Å². The van der Waals surface area contributed by atoms with Crippen molar-refractivity contribution in [2.24, 2.45) is 0 Å². The minimum absolute atomic E-state index is 0.0295. The molecule has 0 heterocycles. The maximum atomic E-state index is 13.2. The molecule has 4 nitrogen and oxygen atoms in total. The van der Waals surface area contributed by atoms with E-state index in [1.807, 2.05) is 0 Å². The summed E-state index contributed by atoms with van der Waals surface area (Å²) in [6, 6.07) is 0. The molecule has 0 amide bonds. The molecule has 0 aliphatic carbocycles. The molecule has 0 saturated heterocycles. The highest BCUT2D eigenvalue weighted by molar-refractivity contribution is 5.91. The van der Waals surface area contributed by atoms with Gasteiger partial charge in [0.15, 0.2) is 6.61 Å². The summed E-state index contributed by atoms with van der Waals surface area (Å²) in [7, 11) is 0. The first kappa shape index (κ1) is 31.1. The number of alkyl halides is 8. The fraction of sp³-hybridized carbons (Fsp3) is 0.810. The second kappa shape index (κ2) is 15.1. The van der Waals surface area contributed by atoms with E-state index >= 15 is 0 Å². The van der Waals surface area contributed by atoms with Gasteiger partial charge in [0.05, 0.1) is 6.61 Å². The van der Waals surface area contributed by atoms with Gasteiger partial charge >= 0.3 is 36.1 Å². The summed E-state index contributed by atoms with van der Waals surface area (Å²) in [5.74, 6) is -21.4. The number of ether oxygens (including phenoxy) is 2. The lowest BCUT2D eigenvalue weighted by molar-refractivity contribution is -0.344. The lowest BCUT2D eigenvalue weighted by atomic mass is 10.1. The van der Waals surface area contributed by atoms with Crippen LogP contribution in [0.4, 0.5) is 35.1 Å². The van der Waals surface area contributed by atoms with E-state index < -0.39 is 42.7 Å². The van der Waals surface area contributed by atoms with E-state index in [-0.39, 0.29) is 12.7 Å². The van der Waals surface area contributed by atoms with Crippen molar-refractivity contribution >= 4 is 11.9 Å². The van der Waals surface area contributed by atoms with Gasteiger partial charge in [0.25, 0.3) is 0 Å². The van der Waals surface area contributed by atoms with E-state index in [0.717, 1.165) is 25.7 Å². The standard InChI is InChI=1S/C21H30F8O4/c1-2-3-4-5-6-7-8-9-10-11-14-32-16(30)12-13-17(31)33-15-19(24,25)21(28,29)20(26,27)18(22)23/h12-13,18H,2-11,14-15H2,1H3/b13-12+. The average molecular weight is 498 g/mol. The van der Waals surface area contributed by atoms with Gasteiger partial charge in [0.2, 0.25) is 0 Å². The number of carbonyl (C=O) groups is 2. The topological polar surface area (TPSA) is 52.6 Å². The molecule has 0 atom stereocenters. The Bertz CT molecular complexity index is 609. The minimum atomic E-state index is -6.48. The van der Waals surface area contributed by atoms with Crippen molar-refractivity contribution < 1.29 is 54.2 Å². The molecule has 0 radical (unpaired) electrons. The normalized spacial score (nSPS) is 13.0. The fourth-order valence-electron chi connectivity index (χ4n) is 2.63. The van der Waals surface area contributed by atoms with Gasteiger partial charge < -0.3 is 9.47 Å². The number of unbranched alkanes of at least 4 members (excludes halogenated alkanes) is 9. The molecule has 0 aliphatic heterocycles. The third-order valence-corrected chi connectivity index (χ3v) is 4.65. The molecular weight excluding hydrogens is 468 g/mol. The van der Waals surface area contributed by atoms with Gasteiger partial charge in [-0.25, -0.2) is 18.4 Å². The van der Waals surface area contributed by atoms with Crippen LogP contribution in [0.25, 0.3) is 0 Å². The molecule has 0 saturated carbocycles. The number of esters is 2. The second-order valence-electron chi connectivity index (χ2n) is 7.49. The summed E-state index contributed by atoms with van der Waals surface area (Å²) in [4.78, 5) is 22.6. The van der Waals surface area contributed by atoms with E-state index in [1.54, 1.807) is 0 Å². The Balaban J connectivity index is 4.14. The minimum Gasteiger partial charge on any atom is -0.463 e. The highest BCUT2D eigenvalue weighted by Gasteiger charge is 2.75. The molecule has 0 aromatic heterocycles. The van der Waals surface area contributed by atoms with Crippen molar-refractivity contribution in [3.05, 3.63) is 12.2 Å². The Kier molecular flexibility index (Phi) is 14.2.